The summed E-state index contributed by atoms with van der Waals surface area (Å²) >= 11 is 0. The number of rotatable bonds is 6. The van der Waals surface area contributed by atoms with E-state index >= 15 is 4.39 Å². The first-order valence-corrected chi connectivity index (χ1v) is 9.52. The summed E-state index contributed by atoms with van der Waals surface area (Å²) in [4.78, 5) is 10.5. The highest BCUT2D eigenvalue weighted by Crippen LogP contribution is 2.39. The molecule has 1 aliphatic rings. The molecule has 0 aromatic heterocycles. The lowest BCUT2D eigenvalue weighted by molar-refractivity contribution is -0.137. The van der Waals surface area contributed by atoms with Gasteiger partial charge in [-0.25, -0.2) is 13.4 Å². The Morgan fingerprint density at radius 2 is 1.93 bits per heavy atom. The molecule has 0 saturated carbocycles. The molecule has 0 fully saturated rings. The van der Waals surface area contributed by atoms with E-state index in [2.05, 4.69) is 0 Å². The summed E-state index contributed by atoms with van der Waals surface area (Å²) in [7, 11) is -4.25. The molecule has 0 radical (unpaired) electrons. The zero-order chi connectivity index (χ0) is 19.8. The van der Waals surface area contributed by atoms with Crippen LogP contribution in [0.2, 0.25) is 0 Å². The number of carboxylic acid groups (broad SMARTS) is 1. The van der Waals surface area contributed by atoms with Gasteiger partial charge < -0.3 is 15.3 Å². The Morgan fingerprint density at radius 1 is 1.19 bits per heavy atom. The molecule has 0 saturated heterocycles. The summed E-state index contributed by atoms with van der Waals surface area (Å²) in [5.41, 5.74) is 0.159. The quantitative estimate of drug-likeness (QED) is 0.556. The van der Waals surface area contributed by atoms with Crippen LogP contribution in [0.1, 0.15) is 24.8 Å². The van der Waals surface area contributed by atoms with E-state index in [4.69, 9.17) is 5.11 Å². The Morgan fingerprint density at radius 3 is 2.56 bits per heavy atom. The molecule has 2 aromatic rings. The van der Waals surface area contributed by atoms with E-state index in [9.17, 15) is 23.4 Å². The van der Waals surface area contributed by atoms with Crippen molar-refractivity contribution in [3.8, 4) is 5.75 Å². The highest BCUT2D eigenvalue weighted by Gasteiger charge is 2.33. The van der Waals surface area contributed by atoms with E-state index in [-0.39, 0.29) is 11.8 Å². The summed E-state index contributed by atoms with van der Waals surface area (Å²) < 4.78 is 41.2. The van der Waals surface area contributed by atoms with Gasteiger partial charge in [-0.15, -0.1) is 0 Å². The van der Waals surface area contributed by atoms with Crippen LogP contribution in [0.4, 0.5) is 10.1 Å². The van der Waals surface area contributed by atoms with Crippen LogP contribution in [0.3, 0.4) is 0 Å². The molecule has 27 heavy (non-hydrogen) atoms. The first-order valence-electron chi connectivity index (χ1n) is 8.08. The number of carbonyl (C=O) groups is 1. The number of carboxylic acids is 1. The third-order valence-electron chi connectivity index (χ3n) is 4.16. The van der Waals surface area contributed by atoms with Crippen molar-refractivity contribution < 1.29 is 32.9 Å². The zero-order valence-corrected chi connectivity index (χ0v) is 14.8. The number of nitrogens with zero attached hydrogens (tertiary/aromatic N) is 1. The molecule has 144 valence electrons. The van der Waals surface area contributed by atoms with Crippen LogP contribution < -0.4 is 9.03 Å². The molecular formula is C17H17FN2O6S. The first-order chi connectivity index (χ1) is 12.7. The van der Waals surface area contributed by atoms with E-state index < -0.39 is 39.3 Å². The topological polar surface area (TPSA) is 127 Å². The van der Waals surface area contributed by atoms with Gasteiger partial charge in [-0.1, -0.05) is 12.1 Å². The van der Waals surface area contributed by atoms with Gasteiger partial charge in [0.2, 0.25) is 5.88 Å². The van der Waals surface area contributed by atoms with Crippen molar-refractivity contribution in [1.82, 2.24) is 4.72 Å². The average molecular weight is 396 g/mol. The highest BCUT2D eigenvalue weighted by molar-refractivity contribution is 7.91. The van der Waals surface area contributed by atoms with Crippen LogP contribution in [0.25, 0.3) is 10.8 Å². The number of hydrogen-bond donors (Lipinski definition) is 4. The molecule has 3 rings (SSSR count). The lowest BCUT2D eigenvalue weighted by Gasteiger charge is -2.17. The van der Waals surface area contributed by atoms with E-state index in [1.807, 2.05) is 0 Å². The molecule has 0 atom stereocenters. The van der Waals surface area contributed by atoms with Crippen molar-refractivity contribution in [3.63, 3.8) is 0 Å². The second kappa shape index (κ2) is 6.95. The Kier molecular flexibility index (Phi) is 4.83. The van der Waals surface area contributed by atoms with E-state index in [1.54, 1.807) is 16.9 Å². The van der Waals surface area contributed by atoms with Crippen LogP contribution in [-0.2, 0) is 21.4 Å². The summed E-state index contributed by atoms with van der Waals surface area (Å²) in [5.74, 6) is -3.11. The number of anilines is 1. The third kappa shape index (κ3) is 3.75. The maximum atomic E-state index is 15.0. The maximum Gasteiger partial charge on any atom is 0.330 e. The Hall–Kier alpha value is -3.01. The molecule has 1 heterocycles. The molecule has 0 unspecified atom stereocenters. The number of aliphatic hydroxyl groups is 1. The fraction of sp³-hybridized carbons (Fsp3) is 0.235. The minimum absolute atomic E-state index is 0.0512. The lowest BCUT2D eigenvalue weighted by Crippen LogP contribution is -2.30. The summed E-state index contributed by atoms with van der Waals surface area (Å²) in [5, 5.41) is 28.6. The van der Waals surface area contributed by atoms with Crippen molar-refractivity contribution in [3.05, 3.63) is 47.7 Å². The fourth-order valence-corrected chi connectivity index (χ4v) is 3.99. The van der Waals surface area contributed by atoms with Crippen LogP contribution in [0.15, 0.2) is 36.3 Å². The Balaban J connectivity index is 1.98. The van der Waals surface area contributed by atoms with Crippen molar-refractivity contribution >= 4 is 32.6 Å². The first kappa shape index (κ1) is 18.8. The Bertz CT molecular complexity index is 1050. The molecule has 1 aliphatic heterocycles. The standard InChI is InChI=1S/C17H17FN2O6S/c18-16-12-7-10(3-1-2-4-15(23)24)5-6-11(12)8-13(21)17(16)20-9-14(22)19-27(20,25)26/h5-9,19,21-22H,1-4H2,(H,23,24). The van der Waals surface area contributed by atoms with Crippen LogP contribution in [0, 0.1) is 5.82 Å². The van der Waals surface area contributed by atoms with Gasteiger partial charge in [0.1, 0.15) is 11.4 Å². The van der Waals surface area contributed by atoms with Gasteiger partial charge in [-0.3, -0.25) is 4.79 Å². The normalized spacial score (nSPS) is 15.6. The van der Waals surface area contributed by atoms with Gasteiger partial charge in [0.05, 0.1) is 6.20 Å². The van der Waals surface area contributed by atoms with Crippen molar-refractivity contribution in [2.24, 2.45) is 0 Å². The summed E-state index contributed by atoms with van der Waals surface area (Å²) in [6.07, 6.45) is 2.43. The lowest BCUT2D eigenvalue weighted by atomic mass is 10.0. The molecule has 0 amide bonds. The van der Waals surface area contributed by atoms with Crippen LogP contribution >= 0.6 is 0 Å². The molecule has 2 aromatic carbocycles. The predicted octanol–water partition coefficient (Wildman–Crippen LogP) is 2.49. The molecule has 8 nitrogen and oxygen atoms in total. The monoisotopic (exact) mass is 396 g/mol. The van der Waals surface area contributed by atoms with Gasteiger partial charge in [0, 0.05) is 11.8 Å². The number of nitrogens with one attached hydrogen (secondary N) is 1. The van der Waals surface area contributed by atoms with Gasteiger partial charge >= 0.3 is 16.2 Å². The van der Waals surface area contributed by atoms with Crippen molar-refractivity contribution in [2.75, 3.05) is 4.31 Å². The molecule has 0 spiro atoms. The Labute approximate surface area is 154 Å². The van der Waals surface area contributed by atoms with Gasteiger partial charge in [-0.2, -0.15) is 8.42 Å². The number of halogens is 1. The molecule has 0 bridgehead atoms. The molecule has 10 heteroatoms. The second-order valence-corrected chi connectivity index (χ2v) is 7.68. The minimum atomic E-state index is -4.25. The molecule has 0 aliphatic carbocycles. The number of phenols is 1. The number of phenolic OH excluding ortho intramolecular Hbond substituents is 1. The number of aromatic hydroxyl groups is 1. The number of aliphatic hydroxyl groups excluding tert-OH is 1. The average Bonchev–Trinajstić information content (AvgIpc) is 2.84. The SMILES string of the molecule is O=C(O)CCCCc1ccc2cc(O)c(N3C=C(O)NS3(=O)=O)c(F)c2c1. The van der Waals surface area contributed by atoms with Gasteiger partial charge in [0.25, 0.3) is 0 Å². The van der Waals surface area contributed by atoms with E-state index in [1.165, 1.54) is 12.1 Å². The number of aliphatic carboxylic acids is 1. The summed E-state index contributed by atoms with van der Waals surface area (Å²) in [6.45, 7) is 0. The number of aryl methyl sites for hydroxylation is 1. The summed E-state index contributed by atoms with van der Waals surface area (Å²) in [6, 6.07) is 6.11. The van der Waals surface area contributed by atoms with Gasteiger partial charge in [0.15, 0.2) is 5.82 Å². The second-order valence-electron chi connectivity index (χ2n) is 6.13. The third-order valence-corrected chi connectivity index (χ3v) is 5.43. The fourth-order valence-electron chi connectivity index (χ4n) is 2.92. The zero-order valence-electron chi connectivity index (χ0n) is 14.0. The van der Waals surface area contributed by atoms with E-state index in [0.717, 1.165) is 11.8 Å². The maximum absolute atomic E-state index is 15.0. The largest absolute Gasteiger partial charge is 0.506 e. The molecule has 4 N–H and O–H groups in total. The van der Waals surface area contributed by atoms with E-state index in [0.29, 0.717) is 29.0 Å². The number of unbranched alkanes of at least 4 members (excludes halogenated alkanes) is 1. The predicted molar refractivity (Wildman–Crippen MR) is 96.0 cm³/mol. The highest BCUT2D eigenvalue weighted by atomic mass is 32.2. The van der Waals surface area contributed by atoms with Crippen molar-refractivity contribution in [2.45, 2.75) is 25.7 Å². The van der Waals surface area contributed by atoms with Gasteiger partial charge in [-0.05, 0) is 42.3 Å². The van der Waals surface area contributed by atoms with Crippen molar-refractivity contribution in [1.29, 1.82) is 0 Å². The molecular weight excluding hydrogens is 379 g/mol. The number of benzene rings is 2. The van der Waals surface area contributed by atoms with Crippen LogP contribution in [0.5, 0.6) is 5.75 Å². The number of hydrogen-bond acceptors (Lipinski definition) is 5. The number of fused-ring (bicyclic) bond motifs is 1. The minimum Gasteiger partial charge on any atom is -0.506 e. The van der Waals surface area contributed by atoms with Crippen LogP contribution in [-0.4, -0.2) is 29.7 Å². The smallest absolute Gasteiger partial charge is 0.330 e.